The van der Waals surface area contributed by atoms with Crippen LogP contribution >= 0.6 is 0 Å². The number of ether oxygens (including phenoxy) is 2. The molecule has 2 aromatic rings. The number of nitrogens with zero attached hydrogens (tertiary/aromatic N) is 1. The van der Waals surface area contributed by atoms with E-state index in [-0.39, 0.29) is 0 Å². The van der Waals surface area contributed by atoms with Gasteiger partial charge in [0, 0.05) is 11.8 Å². The fraction of sp³-hybridized carbons (Fsp3) is 0.200. The molecule has 0 atom stereocenters. The van der Waals surface area contributed by atoms with Crippen LogP contribution in [0.1, 0.15) is 21.7 Å². The Bertz CT molecular complexity index is 686. The molecule has 0 unspecified atom stereocenters. The molecule has 0 bridgehead atoms. The molecule has 0 radical (unpaired) electrons. The predicted octanol–water partition coefficient (Wildman–Crippen LogP) is 2.29. The number of aromatic nitrogens is 1. The van der Waals surface area contributed by atoms with Gasteiger partial charge in [0.1, 0.15) is 11.4 Å². The highest BCUT2D eigenvalue weighted by Gasteiger charge is 2.09. The number of hydrogen-bond acceptors (Lipinski definition) is 5. The second kappa shape index (κ2) is 6.48. The second-order valence-electron chi connectivity index (χ2n) is 4.27. The van der Waals surface area contributed by atoms with Gasteiger partial charge in [0.25, 0.3) is 0 Å². The third-order valence-corrected chi connectivity index (χ3v) is 2.95. The number of rotatable bonds is 5. The maximum absolute atomic E-state index is 11.3. The number of aromatic amines is 1. The van der Waals surface area contributed by atoms with Crippen molar-refractivity contribution >= 4 is 11.7 Å². The summed E-state index contributed by atoms with van der Waals surface area (Å²) in [6, 6.07) is 10.7. The number of anilines is 1. The first-order valence-electron chi connectivity index (χ1n) is 6.26. The molecule has 6 nitrogen and oxygen atoms in total. The van der Waals surface area contributed by atoms with Crippen LogP contribution in [0, 0.1) is 11.3 Å². The average Bonchev–Trinajstić information content (AvgIpc) is 3.00. The molecule has 1 aromatic carbocycles. The molecular weight excluding hydrogens is 270 g/mol. The van der Waals surface area contributed by atoms with Crippen LogP contribution in [-0.2, 0) is 11.3 Å². The van der Waals surface area contributed by atoms with Crippen molar-refractivity contribution in [3.8, 4) is 11.8 Å². The van der Waals surface area contributed by atoms with Crippen molar-refractivity contribution in [2.24, 2.45) is 0 Å². The van der Waals surface area contributed by atoms with E-state index in [1.54, 1.807) is 37.4 Å². The molecule has 108 valence electrons. The van der Waals surface area contributed by atoms with Gasteiger partial charge in [-0.1, -0.05) is 0 Å². The summed E-state index contributed by atoms with van der Waals surface area (Å²) in [6.07, 6.45) is 0. The maximum Gasteiger partial charge on any atom is 0.354 e. The molecule has 1 aromatic heterocycles. The minimum atomic E-state index is -0.405. The zero-order chi connectivity index (χ0) is 15.2. The van der Waals surface area contributed by atoms with E-state index >= 15 is 0 Å². The Balaban J connectivity index is 2.08. The van der Waals surface area contributed by atoms with Crippen LogP contribution in [0.2, 0.25) is 0 Å². The van der Waals surface area contributed by atoms with E-state index in [0.717, 1.165) is 11.4 Å². The van der Waals surface area contributed by atoms with E-state index in [4.69, 9.17) is 10.00 Å². The fourth-order valence-corrected chi connectivity index (χ4v) is 1.87. The molecule has 0 saturated carbocycles. The minimum Gasteiger partial charge on any atom is -0.495 e. The van der Waals surface area contributed by atoms with Crippen molar-refractivity contribution in [3.63, 3.8) is 0 Å². The van der Waals surface area contributed by atoms with Crippen LogP contribution in [0.3, 0.4) is 0 Å². The molecule has 0 amide bonds. The van der Waals surface area contributed by atoms with Gasteiger partial charge in [0.2, 0.25) is 0 Å². The van der Waals surface area contributed by atoms with Gasteiger partial charge in [-0.15, -0.1) is 0 Å². The lowest BCUT2D eigenvalue weighted by molar-refractivity contribution is 0.0594. The summed E-state index contributed by atoms with van der Waals surface area (Å²) < 4.78 is 9.87. The number of carbonyl (C=O) groups is 1. The predicted molar refractivity (Wildman–Crippen MR) is 77.2 cm³/mol. The van der Waals surface area contributed by atoms with Gasteiger partial charge < -0.3 is 19.8 Å². The van der Waals surface area contributed by atoms with Gasteiger partial charge in [-0.2, -0.15) is 5.26 Å². The van der Waals surface area contributed by atoms with E-state index in [2.05, 4.69) is 21.1 Å². The normalized spacial score (nSPS) is 9.76. The zero-order valence-corrected chi connectivity index (χ0v) is 11.8. The first-order valence-corrected chi connectivity index (χ1v) is 6.26. The first-order chi connectivity index (χ1) is 10.2. The van der Waals surface area contributed by atoms with Crippen molar-refractivity contribution in [1.82, 2.24) is 4.98 Å². The largest absolute Gasteiger partial charge is 0.495 e. The van der Waals surface area contributed by atoms with E-state index in [9.17, 15) is 4.79 Å². The highest BCUT2D eigenvalue weighted by molar-refractivity contribution is 5.87. The van der Waals surface area contributed by atoms with Crippen LogP contribution in [0.25, 0.3) is 0 Å². The summed E-state index contributed by atoms with van der Waals surface area (Å²) in [5.41, 5.74) is 2.54. The molecular formula is C15H15N3O3. The molecule has 0 aliphatic carbocycles. The Kier molecular flexibility index (Phi) is 4.46. The molecule has 21 heavy (non-hydrogen) atoms. The number of H-pyrrole nitrogens is 1. The molecule has 1 heterocycles. The smallest absolute Gasteiger partial charge is 0.354 e. The van der Waals surface area contributed by atoms with Crippen molar-refractivity contribution in [1.29, 1.82) is 5.26 Å². The van der Waals surface area contributed by atoms with Gasteiger partial charge in [0.15, 0.2) is 0 Å². The number of nitriles is 1. The lowest BCUT2D eigenvalue weighted by atomic mass is 10.2. The molecule has 0 aliphatic rings. The average molecular weight is 285 g/mol. The minimum absolute atomic E-state index is 0.404. The van der Waals surface area contributed by atoms with E-state index in [0.29, 0.717) is 23.6 Å². The van der Waals surface area contributed by atoms with Gasteiger partial charge in [0.05, 0.1) is 38.1 Å². The highest BCUT2D eigenvalue weighted by Crippen LogP contribution is 2.25. The first kappa shape index (κ1) is 14.5. The summed E-state index contributed by atoms with van der Waals surface area (Å²) in [5, 5.41) is 12.0. The van der Waals surface area contributed by atoms with Crippen molar-refractivity contribution in [2.75, 3.05) is 19.5 Å². The molecule has 0 saturated heterocycles. The number of benzene rings is 1. The lowest BCUT2D eigenvalue weighted by Gasteiger charge is -2.10. The molecule has 0 fully saturated rings. The lowest BCUT2D eigenvalue weighted by Crippen LogP contribution is -2.04. The van der Waals surface area contributed by atoms with E-state index in [1.165, 1.54) is 7.11 Å². The van der Waals surface area contributed by atoms with Gasteiger partial charge in [-0.05, 0) is 24.3 Å². The van der Waals surface area contributed by atoms with E-state index < -0.39 is 5.97 Å². The summed E-state index contributed by atoms with van der Waals surface area (Å²) in [6.45, 7) is 0.485. The third kappa shape index (κ3) is 3.34. The molecule has 6 heteroatoms. The summed E-state index contributed by atoms with van der Waals surface area (Å²) in [7, 11) is 2.88. The number of carbonyl (C=O) groups excluding carboxylic acids is 1. The number of nitrogens with one attached hydrogen (secondary N) is 2. The Morgan fingerprint density at radius 3 is 2.81 bits per heavy atom. The molecule has 0 spiro atoms. The van der Waals surface area contributed by atoms with Gasteiger partial charge >= 0.3 is 5.97 Å². The molecule has 2 N–H and O–H groups in total. The fourth-order valence-electron chi connectivity index (χ4n) is 1.87. The summed E-state index contributed by atoms with van der Waals surface area (Å²) >= 11 is 0. The molecule has 2 rings (SSSR count). The van der Waals surface area contributed by atoms with Gasteiger partial charge in [-0.3, -0.25) is 0 Å². The Hall–Kier alpha value is -2.94. The number of hydrogen-bond donors (Lipinski definition) is 2. The van der Waals surface area contributed by atoms with Crippen LogP contribution in [0.5, 0.6) is 5.75 Å². The van der Waals surface area contributed by atoms with Crippen LogP contribution in [0.4, 0.5) is 5.69 Å². The van der Waals surface area contributed by atoms with E-state index in [1.807, 2.05) is 0 Å². The van der Waals surface area contributed by atoms with Gasteiger partial charge in [-0.25, -0.2) is 4.79 Å². The zero-order valence-electron chi connectivity index (χ0n) is 11.8. The second-order valence-corrected chi connectivity index (χ2v) is 4.27. The Morgan fingerprint density at radius 1 is 1.33 bits per heavy atom. The van der Waals surface area contributed by atoms with Crippen LogP contribution in [-0.4, -0.2) is 25.2 Å². The summed E-state index contributed by atoms with van der Waals surface area (Å²) in [4.78, 5) is 14.3. The monoisotopic (exact) mass is 285 g/mol. The SMILES string of the molecule is COC(=O)c1ccc(CNc2ccc(C#N)cc2OC)[nH]1. The summed E-state index contributed by atoms with van der Waals surface area (Å²) in [5.74, 6) is 0.186. The standard InChI is InChI=1S/C15H15N3O3/c1-20-14-7-10(8-16)3-5-12(14)17-9-11-4-6-13(18-11)15(19)21-2/h3-7,17-18H,9H2,1-2H3. The van der Waals surface area contributed by atoms with Crippen LogP contribution < -0.4 is 10.1 Å². The number of methoxy groups -OCH3 is 2. The van der Waals surface area contributed by atoms with Crippen molar-refractivity contribution in [2.45, 2.75) is 6.54 Å². The number of esters is 1. The Morgan fingerprint density at radius 2 is 2.14 bits per heavy atom. The Labute approximate surface area is 122 Å². The maximum atomic E-state index is 11.3. The van der Waals surface area contributed by atoms with Crippen molar-refractivity contribution < 1.29 is 14.3 Å². The molecule has 0 aliphatic heterocycles. The van der Waals surface area contributed by atoms with Crippen molar-refractivity contribution in [3.05, 3.63) is 47.3 Å². The third-order valence-electron chi connectivity index (χ3n) is 2.95. The topological polar surface area (TPSA) is 87.1 Å². The highest BCUT2D eigenvalue weighted by atomic mass is 16.5. The quantitative estimate of drug-likeness (QED) is 0.823. The van der Waals surface area contributed by atoms with Crippen LogP contribution in [0.15, 0.2) is 30.3 Å².